The molecule has 1 aromatic carbocycles. The Hall–Kier alpha value is -2.86. The molecule has 2 N–H and O–H groups in total. The molecule has 0 atom stereocenters. The summed E-state index contributed by atoms with van der Waals surface area (Å²) in [6.45, 7) is 1.89. The zero-order valence-corrected chi connectivity index (χ0v) is 16.3. The van der Waals surface area contributed by atoms with Gasteiger partial charge in [-0.05, 0) is 74.9 Å². The van der Waals surface area contributed by atoms with Gasteiger partial charge in [0, 0.05) is 11.9 Å². The van der Waals surface area contributed by atoms with Crippen molar-refractivity contribution in [3.8, 4) is 6.07 Å². The van der Waals surface area contributed by atoms with Crippen LogP contribution >= 0.6 is 0 Å². The van der Waals surface area contributed by atoms with Crippen molar-refractivity contribution in [3.05, 3.63) is 47.3 Å². The summed E-state index contributed by atoms with van der Waals surface area (Å²) in [4.78, 5) is 13.1. The lowest BCUT2D eigenvalue weighted by Gasteiger charge is -2.40. The molecule has 2 heterocycles. The number of halogens is 3. The minimum Gasteiger partial charge on any atom is -0.324 e. The Balaban J connectivity index is 1.56. The molecule has 1 amide bonds. The second-order valence-corrected chi connectivity index (χ2v) is 7.95. The third-order valence-electron chi connectivity index (χ3n) is 6.16. The number of benzene rings is 1. The normalized spacial score (nSPS) is 19.0. The molecule has 0 unspecified atom stereocenters. The van der Waals surface area contributed by atoms with Crippen LogP contribution in [0.4, 0.5) is 18.9 Å². The van der Waals surface area contributed by atoms with Gasteiger partial charge in [-0.1, -0.05) is 0 Å². The number of amides is 1. The number of nitrogens with zero attached hydrogens (tertiary/aromatic N) is 3. The molecule has 158 valence electrons. The lowest BCUT2D eigenvalue weighted by atomic mass is 9.76. The van der Waals surface area contributed by atoms with E-state index in [1.165, 1.54) is 6.07 Å². The van der Waals surface area contributed by atoms with Gasteiger partial charge in [0.25, 0.3) is 5.91 Å². The van der Waals surface area contributed by atoms with E-state index in [0.717, 1.165) is 50.0 Å². The van der Waals surface area contributed by atoms with Crippen LogP contribution in [0.1, 0.15) is 54.7 Å². The fourth-order valence-electron chi connectivity index (χ4n) is 4.21. The quantitative estimate of drug-likeness (QED) is 0.794. The van der Waals surface area contributed by atoms with Crippen molar-refractivity contribution in [2.75, 3.05) is 18.4 Å². The average Bonchev–Trinajstić information content (AvgIpc) is 3.17. The van der Waals surface area contributed by atoms with E-state index in [-0.39, 0.29) is 11.6 Å². The van der Waals surface area contributed by atoms with Gasteiger partial charge in [0.15, 0.2) is 0 Å². The number of alkyl halides is 3. The van der Waals surface area contributed by atoms with Gasteiger partial charge in [-0.2, -0.15) is 23.5 Å². The van der Waals surface area contributed by atoms with Crippen molar-refractivity contribution in [1.82, 2.24) is 15.1 Å². The third-order valence-corrected chi connectivity index (χ3v) is 6.16. The van der Waals surface area contributed by atoms with Gasteiger partial charge < -0.3 is 10.6 Å². The Bertz CT molecular complexity index is 981. The van der Waals surface area contributed by atoms with E-state index >= 15 is 0 Å². The molecule has 1 aliphatic heterocycles. The van der Waals surface area contributed by atoms with Crippen LogP contribution in [0.15, 0.2) is 30.6 Å². The van der Waals surface area contributed by atoms with Crippen LogP contribution in [0.25, 0.3) is 0 Å². The second kappa shape index (κ2) is 7.76. The summed E-state index contributed by atoms with van der Waals surface area (Å²) in [5.41, 5.74) is -1.32. The average molecular weight is 417 g/mol. The molecule has 9 heteroatoms. The zero-order valence-electron chi connectivity index (χ0n) is 16.3. The standard InChI is InChI=1S/C21H22F3N5O/c22-21(23,24)18-10-17(3-2-15(18)11-25)28-19(30)20(6-1-7-20)29-13-16(12-27-29)14-4-8-26-9-5-14/h2-3,10,12-14,26H,1,4-9H2,(H,28,30). The van der Waals surface area contributed by atoms with Gasteiger partial charge in [-0.3, -0.25) is 9.48 Å². The van der Waals surface area contributed by atoms with Gasteiger partial charge in [-0.15, -0.1) is 0 Å². The van der Waals surface area contributed by atoms with E-state index < -0.39 is 22.8 Å². The Morgan fingerprint density at radius 2 is 2.03 bits per heavy atom. The molecule has 0 bridgehead atoms. The SMILES string of the molecule is N#Cc1ccc(NC(=O)C2(n3cc(C4CCNCC4)cn3)CCC2)cc1C(F)(F)F. The molecule has 1 aliphatic carbocycles. The van der Waals surface area contributed by atoms with Crippen LogP contribution in [0.5, 0.6) is 0 Å². The second-order valence-electron chi connectivity index (χ2n) is 7.95. The molecule has 1 saturated heterocycles. The van der Waals surface area contributed by atoms with Gasteiger partial charge in [-0.25, -0.2) is 0 Å². The van der Waals surface area contributed by atoms with E-state index in [1.807, 2.05) is 6.20 Å². The number of nitriles is 1. The third kappa shape index (κ3) is 3.67. The van der Waals surface area contributed by atoms with Crippen molar-refractivity contribution in [1.29, 1.82) is 5.26 Å². The number of aromatic nitrogens is 2. The maximum atomic E-state index is 13.2. The summed E-state index contributed by atoms with van der Waals surface area (Å²) in [7, 11) is 0. The van der Waals surface area contributed by atoms with Crippen LogP contribution in [-0.2, 0) is 16.5 Å². The van der Waals surface area contributed by atoms with E-state index in [0.29, 0.717) is 18.8 Å². The summed E-state index contributed by atoms with van der Waals surface area (Å²) in [6, 6.07) is 4.75. The molecule has 2 aromatic rings. The highest BCUT2D eigenvalue weighted by molar-refractivity contribution is 5.97. The lowest BCUT2D eigenvalue weighted by Crippen LogP contribution is -2.51. The molecule has 30 heavy (non-hydrogen) atoms. The Kier molecular flexibility index (Phi) is 5.28. The Labute approximate surface area is 172 Å². The molecule has 4 rings (SSSR count). The highest BCUT2D eigenvalue weighted by Crippen LogP contribution is 2.41. The van der Waals surface area contributed by atoms with E-state index in [4.69, 9.17) is 5.26 Å². The van der Waals surface area contributed by atoms with Crippen LogP contribution in [0.3, 0.4) is 0 Å². The fraction of sp³-hybridized carbons (Fsp3) is 0.476. The number of piperidine rings is 1. The minimum atomic E-state index is -4.67. The lowest BCUT2D eigenvalue weighted by molar-refractivity contribution is -0.137. The number of nitrogens with one attached hydrogen (secondary N) is 2. The zero-order chi connectivity index (χ0) is 21.4. The summed E-state index contributed by atoms with van der Waals surface area (Å²) in [5.74, 6) is 0.0135. The molecule has 1 aromatic heterocycles. The number of hydrogen-bond donors (Lipinski definition) is 2. The molecule has 2 aliphatic rings. The highest BCUT2D eigenvalue weighted by atomic mass is 19.4. The maximum absolute atomic E-state index is 13.2. The fourth-order valence-corrected chi connectivity index (χ4v) is 4.21. The van der Waals surface area contributed by atoms with Crippen LogP contribution in [0.2, 0.25) is 0 Å². The summed E-state index contributed by atoms with van der Waals surface area (Å²) < 4.78 is 41.4. The van der Waals surface area contributed by atoms with Crippen LogP contribution in [0, 0.1) is 11.3 Å². The number of rotatable bonds is 4. The first kappa shape index (κ1) is 20.4. The van der Waals surface area contributed by atoms with Crippen molar-refractivity contribution in [2.24, 2.45) is 0 Å². The predicted octanol–water partition coefficient (Wildman–Crippen LogP) is 3.76. The first-order valence-electron chi connectivity index (χ1n) is 10.0. The number of carbonyl (C=O) groups excluding carboxylic acids is 1. The maximum Gasteiger partial charge on any atom is 0.417 e. The summed E-state index contributed by atoms with van der Waals surface area (Å²) in [5, 5.41) is 19.3. The molecule has 2 fully saturated rings. The first-order valence-corrected chi connectivity index (χ1v) is 10.0. The first-order chi connectivity index (χ1) is 14.3. The van der Waals surface area contributed by atoms with Crippen molar-refractivity contribution in [2.45, 2.75) is 49.7 Å². The van der Waals surface area contributed by atoms with Crippen molar-refractivity contribution >= 4 is 11.6 Å². The monoisotopic (exact) mass is 417 g/mol. The summed E-state index contributed by atoms with van der Waals surface area (Å²) >= 11 is 0. The molecule has 6 nitrogen and oxygen atoms in total. The van der Waals surface area contributed by atoms with Crippen LogP contribution < -0.4 is 10.6 Å². The highest BCUT2D eigenvalue weighted by Gasteiger charge is 2.47. The largest absolute Gasteiger partial charge is 0.417 e. The molecular formula is C21H22F3N5O. The van der Waals surface area contributed by atoms with Gasteiger partial charge in [0.05, 0.1) is 23.4 Å². The topological polar surface area (TPSA) is 82.7 Å². The van der Waals surface area contributed by atoms with E-state index in [2.05, 4.69) is 15.7 Å². The Morgan fingerprint density at radius 1 is 1.30 bits per heavy atom. The van der Waals surface area contributed by atoms with Gasteiger partial charge in [0.1, 0.15) is 5.54 Å². The van der Waals surface area contributed by atoms with Crippen molar-refractivity contribution in [3.63, 3.8) is 0 Å². The minimum absolute atomic E-state index is 0.0170. The van der Waals surface area contributed by atoms with Gasteiger partial charge in [0.2, 0.25) is 0 Å². The molecule has 0 radical (unpaired) electrons. The van der Waals surface area contributed by atoms with E-state index in [9.17, 15) is 18.0 Å². The van der Waals surface area contributed by atoms with Crippen molar-refractivity contribution < 1.29 is 18.0 Å². The molecular weight excluding hydrogens is 395 g/mol. The molecule has 1 saturated carbocycles. The van der Waals surface area contributed by atoms with Crippen LogP contribution in [-0.4, -0.2) is 28.8 Å². The molecule has 0 spiro atoms. The van der Waals surface area contributed by atoms with Gasteiger partial charge >= 0.3 is 6.18 Å². The van der Waals surface area contributed by atoms with E-state index in [1.54, 1.807) is 16.9 Å². The Morgan fingerprint density at radius 3 is 2.63 bits per heavy atom. The predicted molar refractivity (Wildman–Crippen MR) is 104 cm³/mol. The number of hydrogen-bond acceptors (Lipinski definition) is 4. The number of carbonyl (C=O) groups is 1. The smallest absolute Gasteiger partial charge is 0.324 e. The summed E-state index contributed by atoms with van der Waals surface area (Å²) in [6.07, 6.45) is 3.06. The number of anilines is 1.